The maximum absolute atomic E-state index is 12.4. The van der Waals surface area contributed by atoms with E-state index in [9.17, 15) is 13.2 Å². The summed E-state index contributed by atoms with van der Waals surface area (Å²) < 4.78 is 22.8. The number of nitrogens with two attached hydrogens (primary N) is 1. The molecule has 0 atom stereocenters. The molecule has 2 N–H and O–H groups in total. The summed E-state index contributed by atoms with van der Waals surface area (Å²) in [7, 11) is -3.71. The first kappa shape index (κ1) is 22.3. The lowest BCUT2D eigenvalue weighted by atomic mass is 10.1. The number of hydrogen-bond donors (Lipinski definition) is 1. The van der Waals surface area contributed by atoms with Crippen molar-refractivity contribution in [2.75, 3.05) is 0 Å². The van der Waals surface area contributed by atoms with Crippen LogP contribution in [0.15, 0.2) is 82.6 Å². The highest BCUT2D eigenvalue weighted by molar-refractivity contribution is 8.13. The van der Waals surface area contributed by atoms with Gasteiger partial charge in [-0.3, -0.25) is 4.79 Å². The van der Waals surface area contributed by atoms with Crippen molar-refractivity contribution in [3.63, 3.8) is 0 Å². The fourth-order valence-electron chi connectivity index (χ4n) is 3.14. The zero-order chi connectivity index (χ0) is 21.6. The van der Waals surface area contributed by atoms with E-state index in [0.717, 1.165) is 35.3 Å². The van der Waals surface area contributed by atoms with Crippen LogP contribution in [0, 0.1) is 0 Å². The topological polar surface area (TPSA) is 77.2 Å². The largest absolute Gasteiger partial charge is 0.287 e. The molecule has 0 amide bonds. The average Bonchev–Trinajstić information content (AvgIpc) is 2.74. The van der Waals surface area contributed by atoms with E-state index in [-0.39, 0.29) is 10.0 Å². The van der Waals surface area contributed by atoms with Crippen molar-refractivity contribution >= 4 is 26.9 Å². The van der Waals surface area contributed by atoms with E-state index < -0.39 is 10.0 Å². The first-order valence-electron chi connectivity index (χ1n) is 9.87. The van der Waals surface area contributed by atoms with E-state index in [4.69, 9.17) is 5.14 Å². The normalized spacial score (nSPS) is 11.4. The Balaban J connectivity index is 1.57. The predicted molar refractivity (Wildman–Crippen MR) is 123 cm³/mol. The fraction of sp³-hybridized carbons (Fsp3) is 0.208. The van der Waals surface area contributed by atoms with Gasteiger partial charge in [-0.15, -0.1) is 0 Å². The number of hydrogen-bond acceptors (Lipinski definition) is 4. The van der Waals surface area contributed by atoms with Crippen LogP contribution in [0.2, 0.25) is 0 Å². The van der Waals surface area contributed by atoms with Gasteiger partial charge < -0.3 is 0 Å². The molecule has 0 aromatic heterocycles. The molecule has 0 saturated heterocycles. The number of sulfonamides is 1. The van der Waals surface area contributed by atoms with Crippen LogP contribution in [0.25, 0.3) is 11.1 Å². The van der Waals surface area contributed by atoms with Gasteiger partial charge in [-0.1, -0.05) is 67.2 Å². The van der Waals surface area contributed by atoms with Gasteiger partial charge in [0, 0.05) is 11.3 Å². The molecular formula is C24H25NO3S2. The summed E-state index contributed by atoms with van der Waals surface area (Å²) in [6, 6.07) is 22.7. The Morgan fingerprint density at radius 1 is 0.900 bits per heavy atom. The molecule has 0 aliphatic rings. The maximum Gasteiger partial charge on any atom is 0.238 e. The molecule has 3 rings (SSSR count). The number of carbonyl (C=O) groups excluding carboxylic acids is 1. The minimum atomic E-state index is -3.71. The van der Waals surface area contributed by atoms with Gasteiger partial charge in [0.1, 0.15) is 0 Å². The van der Waals surface area contributed by atoms with Crippen molar-refractivity contribution in [2.45, 2.75) is 42.4 Å². The van der Waals surface area contributed by atoms with E-state index in [1.54, 1.807) is 12.1 Å². The molecular weight excluding hydrogens is 414 g/mol. The van der Waals surface area contributed by atoms with Crippen LogP contribution in [0.3, 0.4) is 0 Å². The Morgan fingerprint density at radius 2 is 1.57 bits per heavy atom. The molecule has 0 bridgehead atoms. The Kier molecular flexibility index (Phi) is 7.48. The van der Waals surface area contributed by atoms with E-state index in [1.807, 2.05) is 24.3 Å². The van der Waals surface area contributed by atoms with Gasteiger partial charge in [-0.2, -0.15) is 0 Å². The summed E-state index contributed by atoms with van der Waals surface area (Å²) in [6.45, 7) is 2.14. The Labute approximate surface area is 182 Å². The lowest BCUT2D eigenvalue weighted by Crippen LogP contribution is -2.11. The highest BCUT2D eigenvalue weighted by atomic mass is 32.2. The van der Waals surface area contributed by atoms with Crippen LogP contribution >= 0.6 is 11.8 Å². The van der Waals surface area contributed by atoms with Crippen molar-refractivity contribution in [3.8, 4) is 11.1 Å². The third-order valence-electron chi connectivity index (χ3n) is 4.86. The van der Waals surface area contributed by atoms with Crippen LogP contribution in [-0.2, 0) is 27.7 Å². The van der Waals surface area contributed by atoms with Gasteiger partial charge in [0.2, 0.25) is 10.0 Å². The molecule has 0 fully saturated rings. The maximum atomic E-state index is 12.4. The zero-order valence-electron chi connectivity index (χ0n) is 16.9. The lowest BCUT2D eigenvalue weighted by Gasteiger charge is -2.07. The number of primary sulfonamides is 1. The van der Waals surface area contributed by atoms with Crippen LogP contribution in [0.1, 0.15) is 30.9 Å². The zero-order valence-corrected chi connectivity index (χ0v) is 18.5. The summed E-state index contributed by atoms with van der Waals surface area (Å²) >= 11 is 1.25. The van der Waals surface area contributed by atoms with Gasteiger partial charge in [0.05, 0.1) is 4.90 Å². The standard InChI is InChI=1S/C24H25NO3S2/c1-2-18-9-11-19(12-10-18)5-3-8-24(26)29-22-7-4-6-21(17-22)20-13-15-23(16-14-20)30(25,27)28/h4,6-7,9-17H,2-3,5,8H2,1H3,(H2,25,27,28). The van der Waals surface area contributed by atoms with Gasteiger partial charge in [0.25, 0.3) is 0 Å². The molecule has 156 valence electrons. The van der Waals surface area contributed by atoms with Crippen molar-refractivity contribution in [1.82, 2.24) is 0 Å². The summed E-state index contributed by atoms with van der Waals surface area (Å²) in [5.41, 5.74) is 4.37. The molecule has 4 nitrogen and oxygen atoms in total. The van der Waals surface area contributed by atoms with Crippen molar-refractivity contribution in [1.29, 1.82) is 0 Å². The Bertz CT molecular complexity index is 1110. The van der Waals surface area contributed by atoms with Crippen LogP contribution < -0.4 is 5.14 Å². The molecule has 0 aliphatic carbocycles. The molecule has 0 spiro atoms. The Morgan fingerprint density at radius 3 is 2.20 bits per heavy atom. The van der Waals surface area contributed by atoms with E-state index in [1.165, 1.54) is 35.0 Å². The van der Waals surface area contributed by atoms with Crippen molar-refractivity contribution in [2.24, 2.45) is 5.14 Å². The molecule has 0 saturated carbocycles. The third kappa shape index (κ3) is 6.29. The first-order valence-corrected chi connectivity index (χ1v) is 12.2. The number of rotatable bonds is 8. The number of carbonyl (C=O) groups is 1. The lowest BCUT2D eigenvalue weighted by molar-refractivity contribution is -0.111. The van der Waals surface area contributed by atoms with Crippen LogP contribution in [0.5, 0.6) is 0 Å². The van der Waals surface area contributed by atoms with Crippen LogP contribution in [0.4, 0.5) is 0 Å². The highest BCUT2D eigenvalue weighted by Crippen LogP contribution is 2.28. The van der Waals surface area contributed by atoms with Crippen LogP contribution in [-0.4, -0.2) is 13.5 Å². The van der Waals surface area contributed by atoms with E-state index >= 15 is 0 Å². The fourth-order valence-corrected chi connectivity index (χ4v) is 4.49. The number of thioether (sulfide) groups is 1. The summed E-state index contributed by atoms with van der Waals surface area (Å²) in [5, 5.41) is 5.29. The number of benzene rings is 3. The van der Waals surface area contributed by atoms with Crippen molar-refractivity contribution in [3.05, 3.63) is 83.9 Å². The second-order valence-corrected chi connectivity index (χ2v) is 9.79. The molecule has 0 aliphatic heterocycles. The number of aryl methyl sites for hydroxylation is 2. The molecule has 3 aromatic rings. The van der Waals surface area contributed by atoms with E-state index in [0.29, 0.717) is 6.42 Å². The third-order valence-corrected chi connectivity index (χ3v) is 6.71. The molecule has 0 heterocycles. The molecule has 6 heteroatoms. The smallest absolute Gasteiger partial charge is 0.238 e. The van der Waals surface area contributed by atoms with Gasteiger partial charge in [-0.25, -0.2) is 13.6 Å². The molecule has 3 aromatic carbocycles. The minimum Gasteiger partial charge on any atom is -0.287 e. The van der Waals surface area contributed by atoms with E-state index in [2.05, 4.69) is 31.2 Å². The molecule has 0 unspecified atom stereocenters. The predicted octanol–water partition coefficient (Wildman–Crippen LogP) is 5.21. The average molecular weight is 440 g/mol. The summed E-state index contributed by atoms with van der Waals surface area (Å²) in [5.74, 6) is 0. The molecule has 0 radical (unpaired) electrons. The van der Waals surface area contributed by atoms with Crippen molar-refractivity contribution < 1.29 is 13.2 Å². The summed E-state index contributed by atoms with van der Waals surface area (Å²) in [6.07, 6.45) is 3.27. The second kappa shape index (κ2) is 10.1. The highest BCUT2D eigenvalue weighted by Gasteiger charge is 2.09. The quantitative estimate of drug-likeness (QED) is 0.489. The van der Waals surface area contributed by atoms with Gasteiger partial charge >= 0.3 is 0 Å². The second-order valence-electron chi connectivity index (χ2n) is 7.09. The summed E-state index contributed by atoms with van der Waals surface area (Å²) in [4.78, 5) is 13.3. The monoisotopic (exact) mass is 439 g/mol. The SMILES string of the molecule is CCc1ccc(CCCC(=O)Sc2cccc(-c3ccc(S(N)(=O)=O)cc3)c2)cc1. The van der Waals surface area contributed by atoms with Gasteiger partial charge in [-0.05, 0) is 65.8 Å². The molecule has 30 heavy (non-hydrogen) atoms. The minimum absolute atomic E-state index is 0.0799. The Hall–Kier alpha value is -2.41. The first-order chi connectivity index (χ1) is 14.3. The van der Waals surface area contributed by atoms with Gasteiger partial charge in [0.15, 0.2) is 5.12 Å².